The van der Waals surface area contributed by atoms with Gasteiger partial charge in [0.15, 0.2) is 0 Å². The minimum absolute atomic E-state index is 0.102. The van der Waals surface area contributed by atoms with E-state index in [0.29, 0.717) is 6.42 Å². The smallest absolute Gasteiger partial charge is 0.239 e. The van der Waals surface area contributed by atoms with Gasteiger partial charge < -0.3 is 10.6 Å². The fourth-order valence-corrected chi connectivity index (χ4v) is 1.25. The van der Waals surface area contributed by atoms with E-state index in [0.717, 1.165) is 5.69 Å². The molecule has 2 N–H and O–H groups in total. The van der Waals surface area contributed by atoms with Crippen LogP contribution < -0.4 is 10.6 Å². The summed E-state index contributed by atoms with van der Waals surface area (Å²) in [5, 5.41) is 14.2. The number of para-hydroxylation sites is 1. The van der Waals surface area contributed by atoms with E-state index in [4.69, 9.17) is 5.26 Å². The van der Waals surface area contributed by atoms with Crippen LogP contribution in [0.25, 0.3) is 0 Å². The zero-order valence-corrected chi connectivity index (χ0v) is 9.23. The van der Waals surface area contributed by atoms with Crippen molar-refractivity contribution in [2.45, 2.75) is 19.4 Å². The molecule has 0 fully saturated rings. The lowest BCUT2D eigenvalue weighted by Gasteiger charge is -2.11. The average Bonchev–Trinajstić information content (AvgIpc) is 2.28. The second kappa shape index (κ2) is 6.46. The second-order valence-electron chi connectivity index (χ2n) is 3.55. The molecule has 4 heteroatoms. The van der Waals surface area contributed by atoms with E-state index in [-0.39, 0.29) is 18.5 Å². The third kappa shape index (κ3) is 4.47. The molecule has 1 atom stereocenters. The van der Waals surface area contributed by atoms with Crippen molar-refractivity contribution in [3.63, 3.8) is 0 Å². The predicted molar refractivity (Wildman–Crippen MR) is 62.8 cm³/mol. The van der Waals surface area contributed by atoms with Gasteiger partial charge in [0.2, 0.25) is 5.91 Å². The molecule has 0 aliphatic rings. The van der Waals surface area contributed by atoms with E-state index >= 15 is 0 Å². The van der Waals surface area contributed by atoms with Crippen molar-refractivity contribution in [2.24, 2.45) is 0 Å². The van der Waals surface area contributed by atoms with Crippen LogP contribution in [0.5, 0.6) is 0 Å². The highest BCUT2D eigenvalue weighted by Crippen LogP contribution is 2.03. The summed E-state index contributed by atoms with van der Waals surface area (Å²) >= 11 is 0. The number of hydrogen-bond donors (Lipinski definition) is 2. The molecule has 0 aliphatic carbocycles. The number of hydrogen-bond acceptors (Lipinski definition) is 3. The predicted octanol–water partition coefficient (Wildman–Crippen LogP) is 1.52. The molecule has 0 saturated heterocycles. The molecule has 0 aliphatic heterocycles. The summed E-state index contributed by atoms with van der Waals surface area (Å²) in [6.07, 6.45) is 0.330. The SMILES string of the molecule is CC(CC#N)NC(=O)CNc1ccccc1. The maximum atomic E-state index is 11.4. The Morgan fingerprint density at radius 2 is 2.12 bits per heavy atom. The van der Waals surface area contributed by atoms with Crippen molar-refractivity contribution in [3.8, 4) is 6.07 Å². The van der Waals surface area contributed by atoms with Gasteiger partial charge in [0, 0.05) is 11.7 Å². The lowest BCUT2D eigenvalue weighted by atomic mass is 10.2. The van der Waals surface area contributed by atoms with E-state index in [2.05, 4.69) is 10.6 Å². The molecular weight excluding hydrogens is 202 g/mol. The number of nitrogens with one attached hydrogen (secondary N) is 2. The van der Waals surface area contributed by atoms with Crippen LogP contribution in [0.2, 0.25) is 0 Å². The Morgan fingerprint density at radius 1 is 1.44 bits per heavy atom. The van der Waals surface area contributed by atoms with Crippen LogP contribution in [-0.4, -0.2) is 18.5 Å². The number of nitriles is 1. The Morgan fingerprint density at radius 3 is 2.75 bits per heavy atom. The standard InChI is InChI=1S/C12H15N3O/c1-10(7-8-13)15-12(16)9-14-11-5-3-2-4-6-11/h2-6,10,14H,7,9H2,1H3,(H,15,16). The Balaban J connectivity index is 2.28. The fourth-order valence-electron chi connectivity index (χ4n) is 1.25. The van der Waals surface area contributed by atoms with Gasteiger partial charge in [0.05, 0.1) is 19.0 Å². The fraction of sp³-hybridized carbons (Fsp3) is 0.333. The van der Waals surface area contributed by atoms with Crippen molar-refractivity contribution < 1.29 is 4.79 Å². The lowest BCUT2D eigenvalue weighted by Crippen LogP contribution is -2.36. The average molecular weight is 217 g/mol. The normalized spacial score (nSPS) is 11.2. The van der Waals surface area contributed by atoms with Crippen LogP contribution in [0.15, 0.2) is 30.3 Å². The van der Waals surface area contributed by atoms with Crippen LogP contribution in [0.3, 0.4) is 0 Å². The topological polar surface area (TPSA) is 64.9 Å². The first kappa shape index (κ1) is 12.1. The van der Waals surface area contributed by atoms with E-state index in [1.807, 2.05) is 43.3 Å². The molecule has 0 aromatic heterocycles. The summed E-state index contributed by atoms with van der Waals surface area (Å²) in [6.45, 7) is 2.03. The van der Waals surface area contributed by atoms with Crippen molar-refractivity contribution >= 4 is 11.6 Å². The molecule has 4 nitrogen and oxygen atoms in total. The van der Waals surface area contributed by atoms with E-state index in [9.17, 15) is 4.79 Å². The quantitative estimate of drug-likeness (QED) is 0.785. The van der Waals surface area contributed by atoms with Crippen molar-refractivity contribution in [3.05, 3.63) is 30.3 Å². The maximum absolute atomic E-state index is 11.4. The second-order valence-corrected chi connectivity index (χ2v) is 3.55. The molecule has 1 aromatic carbocycles. The van der Waals surface area contributed by atoms with Gasteiger partial charge in [0.1, 0.15) is 0 Å². The Bertz CT molecular complexity index is 370. The van der Waals surface area contributed by atoms with Gasteiger partial charge in [-0.15, -0.1) is 0 Å². The number of anilines is 1. The zero-order valence-electron chi connectivity index (χ0n) is 9.23. The Kier molecular flexibility index (Phi) is 4.87. The Hall–Kier alpha value is -2.02. The van der Waals surface area contributed by atoms with Gasteiger partial charge in [-0.2, -0.15) is 5.26 Å². The van der Waals surface area contributed by atoms with Gasteiger partial charge in [-0.1, -0.05) is 18.2 Å². The zero-order chi connectivity index (χ0) is 11.8. The summed E-state index contributed by atoms with van der Waals surface area (Å²) < 4.78 is 0. The van der Waals surface area contributed by atoms with E-state index in [1.54, 1.807) is 0 Å². The van der Waals surface area contributed by atoms with E-state index in [1.165, 1.54) is 0 Å². The molecule has 16 heavy (non-hydrogen) atoms. The molecule has 0 spiro atoms. The number of benzene rings is 1. The van der Waals surface area contributed by atoms with Crippen molar-refractivity contribution in [1.29, 1.82) is 5.26 Å². The molecule has 0 saturated carbocycles. The summed E-state index contributed by atoms with van der Waals surface area (Å²) in [7, 11) is 0. The van der Waals surface area contributed by atoms with Gasteiger partial charge >= 0.3 is 0 Å². The minimum Gasteiger partial charge on any atom is -0.376 e. The first-order chi connectivity index (χ1) is 7.72. The first-order valence-electron chi connectivity index (χ1n) is 5.17. The third-order valence-electron chi connectivity index (χ3n) is 2.03. The highest BCUT2D eigenvalue weighted by molar-refractivity contribution is 5.80. The van der Waals surface area contributed by atoms with Gasteiger partial charge in [-0.3, -0.25) is 4.79 Å². The Labute approximate surface area is 95.3 Å². The highest BCUT2D eigenvalue weighted by atomic mass is 16.1. The molecule has 1 rings (SSSR count). The first-order valence-corrected chi connectivity index (χ1v) is 5.17. The monoisotopic (exact) mass is 217 g/mol. The maximum Gasteiger partial charge on any atom is 0.239 e. The summed E-state index contributed by atoms with van der Waals surface area (Å²) in [4.78, 5) is 11.4. The highest BCUT2D eigenvalue weighted by Gasteiger charge is 2.05. The molecule has 1 aromatic rings. The van der Waals surface area contributed by atoms with Gasteiger partial charge in [-0.25, -0.2) is 0 Å². The molecule has 0 bridgehead atoms. The lowest BCUT2D eigenvalue weighted by molar-refractivity contribution is -0.119. The molecule has 84 valence electrons. The number of carbonyl (C=O) groups excluding carboxylic acids is 1. The number of carbonyl (C=O) groups is 1. The molecule has 0 radical (unpaired) electrons. The summed E-state index contributed by atoms with van der Waals surface area (Å²) in [6, 6.07) is 11.4. The summed E-state index contributed by atoms with van der Waals surface area (Å²) in [5.41, 5.74) is 0.908. The largest absolute Gasteiger partial charge is 0.376 e. The minimum atomic E-state index is -0.105. The molecule has 1 amide bonds. The number of nitrogens with zero attached hydrogens (tertiary/aromatic N) is 1. The van der Waals surface area contributed by atoms with Gasteiger partial charge in [0.25, 0.3) is 0 Å². The van der Waals surface area contributed by atoms with Gasteiger partial charge in [-0.05, 0) is 19.1 Å². The van der Waals surface area contributed by atoms with Crippen LogP contribution in [0.1, 0.15) is 13.3 Å². The van der Waals surface area contributed by atoms with Crippen molar-refractivity contribution in [2.75, 3.05) is 11.9 Å². The molecule has 1 unspecified atom stereocenters. The van der Waals surface area contributed by atoms with Crippen LogP contribution in [0, 0.1) is 11.3 Å². The third-order valence-corrected chi connectivity index (χ3v) is 2.03. The molecular formula is C12H15N3O. The summed E-state index contributed by atoms with van der Waals surface area (Å²) in [5.74, 6) is -0.105. The van der Waals surface area contributed by atoms with Crippen LogP contribution in [-0.2, 0) is 4.79 Å². The van der Waals surface area contributed by atoms with Crippen molar-refractivity contribution in [1.82, 2.24) is 5.32 Å². The van der Waals surface area contributed by atoms with Crippen LogP contribution in [0.4, 0.5) is 5.69 Å². The number of amides is 1. The number of rotatable bonds is 5. The van der Waals surface area contributed by atoms with E-state index < -0.39 is 0 Å². The van der Waals surface area contributed by atoms with Crippen LogP contribution >= 0.6 is 0 Å². The molecule has 0 heterocycles.